The third-order valence-electron chi connectivity index (χ3n) is 11.2. The summed E-state index contributed by atoms with van der Waals surface area (Å²) in [5, 5.41) is 14.0. The minimum atomic E-state index is -1.38. The van der Waals surface area contributed by atoms with Crippen molar-refractivity contribution < 1.29 is 33.8 Å². The number of nitrogens with one attached hydrogen (secondary N) is 1. The summed E-state index contributed by atoms with van der Waals surface area (Å²) in [4.78, 5) is 61.0. The predicted octanol–water partition coefficient (Wildman–Crippen LogP) is 6.32. The van der Waals surface area contributed by atoms with E-state index >= 15 is 9.59 Å². The monoisotopic (exact) mass is 819 g/mol. The van der Waals surface area contributed by atoms with E-state index < -0.39 is 71.8 Å². The summed E-state index contributed by atoms with van der Waals surface area (Å²) >= 11 is 3.79. The second kappa shape index (κ2) is 17.1. The molecule has 0 radical (unpaired) electrons. The Kier molecular flexibility index (Phi) is 13.2. The average molecular weight is 821 g/mol. The zero-order chi connectivity index (χ0) is 40.3. The van der Waals surface area contributed by atoms with Gasteiger partial charge in [-0.2, -0.15) is 0 Å². The van der Waals surface area contributed by atoms with E-state index in [1.807, 2.05) is 74.5 Å². The van der Waals surface area contributed by atoms with Crippen LogP contribution in [0.25, 0.3) is 0 Å². The van der Waals surface area contributed by atoms with Crippen LogP contribution >= 0.6 is 15.9 Å². The maximum Gasteiger partial charge on any atom is 0.313 e. The van der Waals surface area contributed by atoms with Gasteiger partial charge in [-0.1, -0.05) is 110 Å². The number of fused-ring (bicyclic) bond motifs is 1. The van der Waals surface area contributed by atoms with Crippen LogP contribution in [-0.4, -0.2) is 91.9 Å². The van der Waals surface area contributed by atoms with Crippen molar-refractivity contribution in [2.45, 2.75) is 120 Å². The lowest BCUT2D eigenvalue weighted by Gasteiger charge is -2.46. The molecule has 55 heavy (non-hydrogen) atoms. The van der Waals surface area contributed by atoms with E-state index in [0.29, 0.717) is 24.8 Å². The standard InChI is InChI=1S/C44H58BrN3O7/c1-9-11-22-33(50)46-28(3)36(30-20-16-13-17-21-30)54-41(53)34-35-39(51)48(31(26-49)24-29-18-14-12-15-19-29)38(44(35)25-32(45)37(34)55-44)40(52)47(23-10-2)43(7,8)27-42(4,5)6/h9-10,12-21,28,31-32,34-38,49H,1-2,11,22-27H2,3-8H3,(H,46,50)/t28-,31+,32?,34+,35-,36-,37+,38+,44-/m0/s1. The Balaban J connectivity index is 1.57. The smallest absolute Gasteiger partial charge is 0.313 e. The second-order valence-electron chi connectivity index (χ2n) is 17.2. The number of likely N-dealkylation sites (tertiary alicyclic amines) is 1. The van der Waals surface area contributed by atoms with Crippen LogP contribution in [0.3, 0.4) is 0 Å². The lowest BCUT2D eigenvalue weighted by Crippen LogP contribution is -2.63. The quantitative estimate of drug-likeness (QED) is 0.109. The number of carbonyl (C=O) groups excluding carboxylic acids is 4. The predicted molar refractivity (Wildman–Crippen MR) is 216 cm³/mol. The topological polar surface area (TPSA) is 125 Å². The number of aliphatic hydroxyl groups excluding tert-OH is 1. The number of nitrogens with zero attached hydrogens (tertiary/aromatic N) is 2. The minimum absolute atomic E-state index is 0.133. The van der Waals surface area contributed by atoms with E-state index in [1.165, 1.54) is 4.90 Å². The van der Waals surface area contributed by atoms with Crippen LogP contribution in [0, 0.1) is 17.3 Å². The van der Waals surface area contributed by atoms with Crippen LogP contribution in [0.2, 0.25) is 0 Å². The van der Waals surface area contributed by atoms with Crippen molar-refractivity contribution in [3.05, 3.63) is 97.1 Å². The molecule has 1 spiro atoms. The van der Waals surface area contributed by atoms with Gasteiger partial charge in [-0.05, 0) is 63.0 Å². The summed E-state index contributed by atoms with van der Waals surface area (Å²) in [5.41, 5.74) is -0.603. The van der Waals surface area contributed by atoms with Crippen molar-refractivity contribution in [2.24, 2.45) is 17.3 Å². The molecule has 5 rings (SSSR count). The molecule has 3 amide bonds. The molecule has 298 valence electrons. The van der Waals surface area contributed by atoms with Gasteiger partial charge in [0.05, 0.1) is 36.6 Å². The number of benzene rings is 2. The number of hydrogen-bond acceptors (Lipinski definition) is 7. The molecule has 1 unspecified atom stereocenters. The Hall–Kier alpha value is -3.80. The molecule has 0 aromatic heterocycles. The molecule has 10 nitrogen and oxygen atoms in total. The highest BCUT2D eigenvalue weighted by Gasteiger charge is 2.78. The van der Waals surface area contributed by atoms with Crippen LogP contribution < -0.4 is 5.32 Å². The van der Waals surface area contributed by atoms with E-state index in [0.717, 1.165) is 5.56 Å². The van der Waals surface area contributed by atoms with Gasteiger partial charge < -0.3 is 29.7 Å². The number of rotatable bonds is 17. The van der Waals surface area contributed by atoms with Crippen LogP contribution in [0.1, 0.15) is 84.5 Å². The summed E-state index contributed by atoms with van der Waals surface area (Å²) in [7, 11) is 0. The van der Waals surface area contributed by atoms with E-state index in [1.54, 1.807) is 24.0 Å². The van der Waals surface area contributed by atoms with Crippen molar-refractivity contribution in [3.8, 4) is 0 Å². The van der Waals surface area contributed by atoms with E-state index in [9.17, 15) is 14.7 Å². The zero-order valence-electron chi connectivity index (χ0n) is 33.1. The molecule has 0 saturated carbocycles. The molecule has 3 aliphatic heterocycles. The summed E-state index contributed by atoms with van der Waals surface area (Å²) < 4.78 is 13.2. The molecular formula is C44H58BrN3O7. The lowest BCUT2D eigenvalue weighted by molar-refractivity contribution is -0.163. The number of ether oxygens (including phenoxy) is 2. The number of halogens is 1. The first-order chi connectivity index (χ1) is 26.0. The van der Waals surface area contributed by atoms with Crippen molar-refractivity contribution in [3.63, 3.8) is 0 Å². The molecule has 2 bridgehead atoms. The molecule has 3 aliphatic rings. The maximum atomic E-state index is 15.4. The molecule has 2 aromatic rings. The van der Waals surface area contributed by atoms with Gasteiger partial charge >= 0.3 is 5.97 Å². The molecule has 2 N–H and O–H groups in total. The Labute approximate surface area is 334 Å². The molecule has 3 heterocycles. The number of hydrogen-bond donors (Lipinski definition) is 2. The van der Waals surface area contributed by atoms with Crippen molar-refractivity contribution in [1.29, 1.82) is 0 Å². The van der Waals surface area contributed by atoms with Crippen molar-refractivity contribution >= 4 is 39.6 Å². The van der Waals surface area contributed by atoms with Crippen LogP contribution in [-0.2, 0) is 35.1 Å². The fourth-order valence-corrected chi connectivity index (χ4v) is 10.3. The van der Waals surface area contributed by atoms with Gasteiger partial charge in [-0.25, -0.2) is 0 Å². The summed E-state index contributed by atoms with van der Waals surface area (Å²) in [6, 6.07) is 16.2. The van der Waals surface area contributed by atoms with Gasteiger partial charge in [0.25, 0.3) is 0 Å². The average Bonchev–Trinajstić information content (AvgIpc) is 3.73. The Bertz CT molecular complexity index is 1710. The molecule has 9 atom stereocenters. The highest BCUT2D eigenvalue weighted by atomic mass is 79.9. The maximum absolute atomic E-state index is 15.4. The number of amides is 3. The Morgan fingerprint density at radius 1 is 1.07 bits per heavy atom. The third-order valence-corrected chi connectivity index (χ3v) is 12.1. The van der Waals surface area contributed by atoms with E-state index in [4.69, 9.17) is 9.47 Å². The van der Waals surface area contributed by atoms with Crippen LogP contribution in [0.15, 0.2) is 86.0 Å². The molecule has 0 aliphatic carbocycles. The highest BCUT2D eigenvalue weighted by molar-refractivity contribution is 9.09. The van der Waals surface area contributed by atoms with E-state index in [-0.39, 0.29) is 41.4 Å². The first-order valence-electron chi connectivity index (χ1n) is 19.4. The summed E-state index contributed by atoms with van der Waals surface area (Å²) in [6.45, 7) is 19.7. The number of carbonyl (C=O) groups is 4. The fourth-order valence-electron chi connectivity index (χ4n) is 9.39. The lowest BCUT2D eigenvalue weighted by atomic mass is 9.70. The highest BCUT2D eigenvalue weighted by Crippen LogP contribution is 2.61. The van der Waals surface area contributed by atoms with Gasteiger partial charge in [0, 0.05) is 23.3 Å². The second-order valence-corrected chi connectivity index (χ2v) is 18.4. The fraction of sp³-hybridized carbons (Fsp3) is 0.545. The summed E-state index contributed by atoms with van der Waals surface area (Å²) in [6.07, 6.45) is 3.71. The largest absolute Gasteiger partial charge is 0.455 e. The Morgan fingerprint density at radius 2 is 1.71 bits per heavy atom. The molecule has 2 aromatic carbocycles. The zero-order valence-corrected chi connectivity index (χ0v) is 34.7. The van der Waals surface area contributed by atoms with Crippen LogP contribution in [0.4, 0.5) is 0 Å². The minimum Gasteiger partial charge on any atom is -0.455 e. The van der Waals surface area contributed by atoms with Gasteiger partial charge in [-0.3, -0.25) is 19.2 Å². The van der Waals surface area contributed by atoms with Gasteiger partial charge in [0.15, 0.2) is 0 Å². The van der Waals surface area contributed by atoms with Crippen molar-refractivity contribution in [2.75, 3.05) is 13.2 Å². The number of aliphatic hydroxyl groups is 1. The molecular weight excluding hydrogens is 762 g/mol. The van der Waals surface area contributed by atoms with Gasteiger partial charge in [0.2, 0.25) is 17.7 Å². The SMILES string of the molecule is C=CCCC(=O)N[C@@H](C)[C@H](OC(=O)[C@H]1[C@@H]2O[C@@]3(CC2Br)[C@@H]1C(=O)N([C@@H](CO)Cc1ccccc1)[C@@H]3C(=O)N(CC=C)C(C)(C)CC(C)(C)C)c1ccccc1. The number of alkyl halides is 1. The Morgan fingerprint density at radius 3 is 2.29 bits per heavy atom. The molecule has 3 saturated heterocycles. The molecule has 11 heteroatoms. The molecule has 3 fully saturated rings. The van der Waals surface area contributed by atoms with Crippen molar-refractivity contribution in [1.82, 2.24) is 15.1 Å². The number of allylic oxidation sites excluding steroid dienone is 1. The third kappa shape index (κ3) is 8.79. The first-order valence-corrected chi connectivity index (χ1v) is 20.3. The van der Waals surface area contributed by atoms with Gasteiger partial charge in [0.1, 0.15) is 17.7 Å². The first kappa shape index (κ1) is 42.3. The van der Waals surface area contributed by atoms with E-state index in [2.05, 4.69) is 55.2 Å². The van der Waals surface area contributed by atoms with Gasteiger partial charge in [-0.15, -0.1) is 13.2 Å². The number of esters is 1. The summed E-state index contributed by atoms with van der Waals surface area (Å²) in [5.74, 6) is -3.71. The van der Waals surface area contributed by atoms with Crippen LogP contribution in [0.5, 0.6) is 0 Å². The normalized spacial score (nSPS) is 26.1.